The molecule has 1 fully saturated rings. The van der Waals surface area contributed by atoms with Gasteiger partial charge in [0.15, 0.2) is 0 Å². The zero-order chi connectivity index (χ0) is 15.7. The molecule has 1 aromatic carbocycles. The van der Waals surface area contributed by atoms with Crippen molar-refractivity contribution in [3.63, 3.8) is 0 Å². The number of esters is 2. The first-order valence-corrected chi connectivity index (χ1v) is 6.94. The maximum absolute atomic E-state index is 12.5. The Morgan fingerprint density at radius 2 is 1.90 bits per heavy atom. The lowest BCUT2D eigenvalue weighted by Gasteiger charge is -2.33. The van der Waals surface area contributed by atoms with Gasteiger partial charge in [-0.15, -0.1) is 0 Å². The van der Waals surface area contributed by atoms with Crippen molar-refractivity contribution in [1.29, 1.82) is 0 Å². The lowest BCUT2D eigenvalue weighted by molar-refractivity contribution is -0.193. The molecule has 0 amide bonds. The van der Waals surface area contributed by atoms with E-state index in [1.54, 1.807) is 51.1 Å². The molecule has 0 radical (unpaired) electrons. The van der Waals surface area contributed by atoms with Crippen LogP contribution >= 0.6 is 0 Å². The van der Waals surface area contributed by atoms with Crippen LogP contribution in [0.3, 0.4) is 0 Å². The molecule has 0 aromatic heterocycles. The molecule has 5 nitrogen and oxygen atoms in total. The number of carbonyl (C=O) groups is 2. The van der Waals surface area contributed by atoms with Gasteiger partial charge in [-0.05, 0) is 32.8 Å². The third kappa shape index (κ3) is 3.24. The predicted octanol–water partition coefficient (Wildman–Crippen LogP) is 1.92. The normalized spacial score (nSPS) is 21.5. The Bertz CT molecular complexity index is 531. The fraction of sp³-hybridized carbons (Fsp3) is 0.500. The Morgan fingerprint density at radius 3 is 2.38 bits per heavy atom. The molecule has 1 aliphatic rings. The second-order valence-corrected chi connectivity index (χ2v) is 6.15. The molecule has 2 rings (SSSR count). The Hall–Kier alpha value is -1.88. The third-order valence-corrected chi connectivity index (χ3v) is 3.27. The standard InChI is InChI=1S/C16H20O5/c1-15(2,3)21-14(18)16(19,11-7-5-4-6-8-11)12-9-10-13(17)20-12/h4-8,12,19H,9-10H2,1-3H3/t12-,16+/m1/s1. The van der Waals surface area contributed by atoms with E-state index in [1.165, 1.54) is 0 Å². The summed E-state index contributed by atoms with van der Waals surface area (Å²) in [4.78, 5) is 23.9. The molecule has 1 aliphatic heterocycles. The van der Waals surface area contributed by atoms with Crippen LogP contribution in [-0.4, -0.2) is 28.8 Å². The average molecular weight is 292 g/mol. The molecule has 1 saturated heterocycles. The largest absolute Gasteiger partial charge is 0.458 e. The molecule has 0 unspecified atom stereocenters. The summed E-state index contributed by atoms with van der Waals surface area (Å²) < 4.78 is 10.5. The van der Waals surface area contributed by atoms with Crippen molar-refractivity contribution < 1.29 is 24.2 Å². The summed E-state index contributed by atoms with van der Waals surface area (Å²) >= 11 is 0. The van der Waals surface area contributed by atoms with E-state index < -0.39 is 29.2 Å². The average Bonchev–Trinajstić information content (AvgIpc) is 2.84. The molecule has 1 heterocycles. The highest BCUT2D eigenvalue weighted by Crippen LogP contribution is 2.35. The van der Waals surface area contributed by atoms with Crippen LogP contribution in [-0.2, 0) is 24.7 Å². The minimum absolute atomic E-state index is 0.183. The zero-order valence-electron chi connectivity index (χ0n) is 12.5. The van der Waals surface area contributed by atoms with Crippen molar-refractivity contribution in [3.05, 3.63) is 35.9 Å². The molecule has 1 N–H and O–H groups in total. The number of ether oxygens (including phenoxy) is 2. The maximum atomic E-state index is 12.5. The number of carbonyl (C=O) groups excluding carboxylic acids is 2. The van der Waals surface area contributed by atoms with Gasteiger partial charge in [-0.2, -0.15) is 0 Å². The van der Waals surface area contributed by atoms with Crippen LogP contribution in [0, 0.1) is 0 Å². The van der Waals surface area contributed by atoms with E-state index in [0.717, 1.165) is 0 Å². The summed E-state index contributed by atoms with van der Waals surface area (Å²) in [5.41, 5.74) is -2.37. The highest BCUT2D eigenvalue weighted by atomic mass is 16.6. The van der Waals surface area contributed by atoms with Gasteiger partial charge >= 0.3 is 11.9 Å². The topological polar surface area (TPSA) is 72.8 Å². The van der Waals surface area contributed by atoms with Crippen LogP contribution in [0.5, 0.6) is 0 Å². The first-order chi connectivity index (χ1) is 9.73. The highest BCUT2D eigenvalue weighted by molar-refractivity contribution is 5.84. The van der Waals surface area contributed by atoms with E-state index in [2.05, 4.69) is 0 Å². The number of cyclic esters (lactones) is 1. The minimum Gasteiger partial charge on any atom is -0.458 e. The lowest BCUT2D eigenvalue weighted by atomic mass is 9.86. The molecule has 2 atom stereocenters. The Kier molecular flexibility index (Phi) is 4.05. The number of aliphatic hydroxyl groups is 1. The Labute approximate surface area is 123 Å². The SMILES string of the molecule is CC(C)(C)OC(=O)[C@](O)(c1ccccc1)[C@H]1CCC(=O)O1. The van der Waals surface area contributed by atoms with Gasteiger partial charge in [0.2, 0.25) is 5.60 Å². The van der Waals surface area contributed by atoms with Crippen LogP contribution in [0.25, 0.3) is 0 Å². The summed E-state index contributed by atoms with van der Waals surface area (Å²) in [6.07, 6.45) is -0.464. The van der Waals surface area contributed by atoms with Crippen molar-refractivity contribution in [2.75, 3.05) is 0 Å². The van der Waals surface area contributed by atoms with Gasteiger partial charge in [0.25, 0.3) is 0 Å². The molecule has 114 valence electrons. The van der Waals surface area contributed by atoms with E-state index in [4.69, 9.17) is 9.47 Å². The fourth-order valence-electron chi connectivity index (χ4n) is 2.30. The van der Waals surface area contributed by atoms with E-state index in [9.17, 15) is 14.7 Å². The van der Waals surface area contributed by atoms with Crippen LogP contribution in [0.15, 0.2) is 30.3 Å². The Balaban J connectivity index is 2.39. The second kappa shape index (κ2) is 5.48. The van der Waals surface area contributed by atoms with Crippen LogP contribution in [0.2, 0.25) is 0 Å². The number of rotatable bonds is 3. The van der Waals surface area contributed by atoms with Gasteiger partial charge in [0.05, 0.1) is 0 Å². The molecule has 0 aliphatic carbocycles. The lowest BCUT2D eigenvalue weighted by Crippen LogP contribution is -2.49. The molecule has 5 heteroatoms. The van der Waals surface area contributed by atoms with E-state index in [1.807, 2.05) is 0 Å². The van der Waals surface area contributed by atoms with Crippen LogP contribution < -0.4 is 0 Å². The van der Waals surface area contributed by atoms with Crippen LogP contribution in [0.4, 0.5) is 0 Å². The molecule has 0 bridgehead atoms. The molecular weight excluding hydrogens is 272 g/mol. The van der Waals surface area contributed by atoms with Gasteiger partial charge in [0.1, 0.15) is 11.7 Å². The van der Waals surface area contributed by atoms with Crippen molar-refractivity contribution >= 4 is 11.9 Å². The van der Waals surface area contributed by atoms with E-state index in [0.29, 0.717) is 5.56 Å². The quantitative estimate of drug-likeness (QED) is 0.862. The maximum Gasteiger partial charge on any atom is 0.347 e. The highest BCUT2D eigenvalue weighted by Gasteiger charge is 2.52. The number of hydrogen-bond donors (Lipinski definition) is 1. The first kappa shape index (κ1) is 15.5. The molecule has 21 heavy (non-hydrogen) atoms. The monoisotopic (exact) mass is 292 g/mol. The van der Waals surface area contributed by atoms with Crippen molar-refractivity contribution in [2.24, 2.45) is 0 Å². The van der Waals surface area contributed by atoms with E-state index in [-0.39, 0.29) is 12.8 Å². The molecule has 1 aromatic rings. The van der Waals surface area contributed by atoms with Gasteiger partial charge < -0.3 is 14.6 Å². The predicted molar refractivity (Wildman–Crippen MR) is 75.3 cm³/mol. The summed E-state index contributed by atoms with van der Waals surface area (Å²) in [6, 6.07) is 8.44. The molecule has 0 spiro atoms. The fourth-order valence-corrected chi connectivity index (χ4v) is 2.30. The van der Waals surface area contributed by atoms with Crippen molar-refractivity contribution in [2.45, 2.75) is 50.9 Å². The summed E-state index contributed by atoms with van der Waals surface area (Å²) in [6.45, 7) is 5.16. The van der Waals surface area contributed by atoms with Crippen molar-refractivity contribution in [3.8, 4) is 0 Å². The summed E-state index contributed by atoms with van der Waals surface area (Å²) in [5.74, 6) is -1.22. The molecular formula is C16H20O5. The Morgan fingerprint density at radius 1 is 1.29 bits per heavy atom. The van der Waals surface area contributed by atoms with Gasteiger partial charge in [-0.25, -0.2) is 4.79 Å². The van der Waals surface area contributed by atoms with Crippen LogP contribution in [0.1, 0.15) is 39.2 Å². The van der Waals surface area contributed by atoms with Crippen molar-refractivity contribution in [1.82, 2.24) is 0 Å². The summed E-state index contributed by atoms with van der Waals surface area (Å²) in [5, 5.41) is 11.0. The van der Waals surface area contributed by atoms with E-state index >= 15 is 0 Å². The zero-order valence-corrected chi connectivity index (χ0v) is 12.5. The second-order valence-electron chi connectivity index (χ2n) is 6.15. The van der Waals surface area contributed by atoms with Gasteiger partial charge in [-0.3, -0.25) is 4.79 Å². The minimum atomic E-state index is -1.99. The number of benzene rings is 1. The number of hydrogen-bond acceptors (Lipinski definition) is 5. The smallest absolute Gasteiger partial charge is 0.347 e. The first-order valence-electron chi connectivity index (χ1n) is 6.94. The summed E-state index contributed by atoms with van der Waals surface area (Å²) in [7, 11) is 0. The molecule has 0 saturated carbocycles. The third-order valence-electron chi connectivity index (χ3n) is 3.27. The van der Waals surface area contributed by atoms with Gasteiger partial charge in [0, 0.05) is 6.42 Å². The van der Waals surface area contributed by atoms with Gasteiger partial charge in [-0.1, -0.05) is 30.3 Å².